The molecule has 0 radical (unpaired) electrons. The van der Waals surface area contributed by atoms with Crippen molar-refractivity contribution in [3.8, 4) is 0 Å². The van der Waals surface area contributed by atoms with Crippen LogP contribution < -0.4 is 5.32 Å². The molecule has 0 saturated carbocycles. The van der Waals surface area contributed by atoms with Crippen LogP contribution in [-0.2, 0) is 9.84 Å². The Balaban J connectivity index is 2.11. The first kappa shape index (κ1) is 13.8. The number of nitrogens with one attached hydrogen (secondary N) is 1. The van der Waals surface area contributed by atoms with Gasteiger partial charge in [0.15, 0.2) is 9.84 Å². The second kappa shape index (κ2) is 5.16. The van der Waals surface area contributed by atoms with E-state index in [4.69, 9.17) is 0 Å². The van der Waals surface area contributed by atoms with Gasteiger partial charge in [-0.2, -0.15) is 0 Å². The largest absolute Gasteiger partial charge is 0.381 e. The number of hydrogen-bond donors (Lipinski definition) is 1. The summed E-state index contributed by atoms with van der Waals surface area (Å²) in [6.07, 6.45) is 1.46. The van der Waals surface area contributed by atoms with E-state index in [1.165, 1.54) is 6.07 Å². The molecule has 1 aromatic carbocycles. The van der Waals surface area contributed by atoms with E-state index < -0.39 is 14.8 Å². The third kappa shape index (κ3) is 3.44. The molecule has 6 nitrogen and oxygen atoms in total. The molecule has 7 heteroatoms. The van der Waals surface area contributed by atoms with Gasteiger partial charge in [0, 0.05) is 23.4 Å². The molecule has 1 fully saturated rings. The van der Waals surface area contributed by atoms with Crippen molar-refractivity contribution >= 4 is 21.2 Å². The molecule has 0 aliphatic carbocycles. The van der Waals surface area contributed by atoms with E-state index in [1.807, 2.05) is 0 Å². The van der Waals surface area contributed by atoms with Gasteiger partial charge in [-0.1, -0.05) is 0 Å². The highest BCUT2D eigenvalue weighted by molar-refractivity contribution is 7.91. The van der Waals surface area contributed by atoms with Crippen LogP contribution in [0.25, 0.3) is 0 Å². The highest BCUT2D eigenvalue weighted by Gasteiger charge is 2.24. The van der Waals surface area contributed by atoms with Crippen molar-refractivity contribution in [2.45, 2.75) is 25.8 Å². The van der Waals surface area contributed by atoms with Crippen LogP contribution in [0.2, 0.25) is 0 Å². The van der Waals surface area contributed by atoms with Gasteiger partial charge in [-0.25, -0.2) is 8.42 Å². The second-order valence-corrected chi connectivity index (χ2v) is 7.08. The molecule has 1 N–H and O–H groups in total. The fourth-order valence-corrected chi connectivity index (χ4v) is 3.96. The van der Waals surface area contributed by atoms with Crippen LogP contribution in [-0.4, -0.2) is 30.9 Å². The van der Waals surface area contributed by atoms with E-state index >= 15 is 0 Å². The highest BCUT2D eigenvalue weighted by Crippen LogP contribution is 2.23. The maximum atomic E-state index is 11.5. The average Bonchev–Trinajstić information content (AvgIpc) is 2.27. The molecule has 1 aliphatic rings. The minimum Gasteiger partial charge on any atom is -0.381 e. The second-order valence-electron chi connectivity index (χ2n) is 4.86. The van der Waals surface area contributed by atoms with Crippen LogP contribution in [0.1, 0.15) is 18.4 Å². The van der Waals surface area contributed by atoms with Crippen molar-refractivity contribution in [1.82, 2.24) is 0 Å². The van der Waals surface area contributed by atoms with E-state index in [0.717, 1.165) is 12.1 Å². The van der Waals surface area contributed by atoms with Crippen LogP contribution in [0.3, 0.4) is 0 Å². The summed E-state index contributed by atoms with van der Waals surface area (Å²) >= 11 is 0. The molecule has 104 valence electrons. The first-order valence-corrected chi connectivity index (χ1v) is 7.91. The Hall–Kier alpha value is -1.63. The van der Waals surface area contributed by atoms with Gasteiger partial charge in [0.2, 0.25) is 0 Å². The van der Waals surface area contributed by atoms with E-state index in [9.17, 15) is 18.5 Å². The number of anilines is 1. The lowest BCUT2D eigenvalue weighted by molar-refractivity contribution is -0.385. The van der Waals surface area contributed by atoms with Crippen molar-refractivity contribution in [1.29, 1.82) is 0 Å². The number of benzene rings is 1. The Bertz CT molecular complexity index is 598. The summed E-state index contributed by atoms with van der Waals surface area (Å²) in [4.78, 5) is 10.3. The number of nitrogens with zero attached hydrogens (tertiary/aromatic N) is 1. The minimum atomic E-state index is -2.95. The smallest absolute Gasteiger partial charge is 0.272 e. The molecule has 0 spiro atoms. The summed E-state index contributed by atoms with van der Waals surface area (Å²) in [6, 6.07) is 4.63. The summed E-state index contributed by atoms with van der Waals surface area (Å²) < 4.78 is 23.1. The van der Waals surface area contributed by atoms with E-state index in [2.05, 4.69) is 5.32 Å². The van der Waals surface area contributed by atoms with Gasteiger partial charge in [-0.3, -0.25) is 10.1 Å². The summed E-state index contributed by atoms with van der Waals surface area (Å²) in [6.45, 7) is 1.67. The van der Waals surface area contributed by atoms with Crippen molar-refractivity contribution in [3.05, 3.63) is 33.9 Å². The minimum absolute atomic E-state index is 0.0711. The molecule has 1 heterocycles. The third-order valence-electron chi connectivity index (χ3n) is 3.23. The number of rotatable bonds is 3. The van der Waals surface area contributed by atoms with Crippen LogP contribution in [0.15, 0.2) is 18.2 Å². The van der Waals surface area contributed by atoms with Crippen LogP contribution in [0.5, 0.6) is 0 Å². The number of nitro groups is 1. The lowest BCUT2D eigenvalue weighted by atomic mass is 10.1. The topological polar surface area (TPSA) is 89.3 Å². The number of aryl methyl sites for hydroxylation is 1. The van der Waals surface area contributed by atoms with Crippen LogP contribution in [0, 0.1) is 17.0 Å². The molecular formula is C12H16N2O4S. The Labute approximate surface area is 111 Å². The summed E-state index contributed by atoms with van der Waals surface area (Å²) in [5, 5.41) is 13.9. The number of hydrogen-bond acceptors (Lipinski definition) is 5. The average molecular weight is 284 g/mol. The first-order valence-electron chi connectivity index (χ1n) is 6.09. The predicted molar refractivity (Wildman–Crippen MR) is 73.1 cm³/mol. The molecule has 1 aliphatic heterocycles. The quantitative estimate of drug-likeness (QED) is 0.676. The molecule has 0 bridgehead atoms. The van der Waals surface area contributed by atoms with Crippen LogP contribution >= 0.6 is 0 Å². The lowest BCUT2D eigenvalue weighted by Crippen LogP contribution is -2.34. The first-order chi connectivity index (χ1) is 8.87. The van der Waals surface area contributed by atoms with Gasteiger partial charge in [0.05, 0.1) is 16.4 Å². The Kier molecular flexibility index (Phi) is 3.75. The molecule has 0 aromatic heterocycles. The molecule has 0 amide bonds. The predicted octanol–water partition coefficient (Wildman–Crippen LogP) is 1.89. The van der Waals surface area contributed by atoms with Gasteiger partial charge in [0.1, 0.15) is 0 Å². The maximum Gasteiger partial charge on any atom is 0.272 e. The summed E-state index contributed by atoms with van der Waals surface area (Å²) in [5.74, 6) is 0.382. The molecule has 19 heavy (non-hydrogen) atoms. The lowest BCUT2D eigenvalue weighted by Gasteiger charge is -2.24. The molecule has 1 atom stereocenters. The maximum absolute atomic E-state index is 11.5. The van der Waals surface area contributed by atoms with Gasteiger partial charge in [-0.15, -0.1) is 0 Å². The van der Waals surface area contributed by atoms with E-state index in [0.29, 0.717) is 12.0 Å². The van der Waals surface area contributed by atoms with E-state index in [1.54, 1.807) is 19.1 Å². The Morgan fingerprint density at radius 3 is 2.74 bits per heavy atom. The van der Waals surface area contributed by atoms with Gasteiger partial charge < -0.3 is 5.32 Å². The van der Waals surface area contributed by atoms with Gasteiger partial charge in [-0.05, 0) is 31.9 Å². The van der Waals surface area contributed by atoms with Crippen molar-refractivity contribution < 1.29 is 13.3 Å². The standard InChI is InChI=1S/C12H16N2O4S/c1-9-7-10(4-5-12(9)14(15)16)13-11-3-2-6-19(17,18)8-11/h4-5,7,11,13H,2-3,6,8H2,1H3. The molecule has 1 aromatic rings. The third-order valence-corrected chi connectivity index (χ3v) is 5.05. The van der Waals surface area contributed by atoms with Gasteiger partial charge in [0.25, 0.3) is 5.69 Å². The van der Waals surface area contributed by atoms with Crippen molar-refractivity contribution in [3.63, 3.8) is 0 Å². The zero-order chi connectivity index (χ0) is 14.0. The summed E-state index contributed by atoms with van der Waals surface area (Å²) in [7, 11) is -2.95. The number of nitro benzene ring substituents is 1. The zero-order valence-electron chi connectivity index (χ0n) is 10.6. The molecule has 1 saturated heterocycles. The Morgan fingerprint density at radius 1 is 1.42 bits per heavy atom. The fourth-order valence-electron chi connectivity index (χ4n) is 2.32. The SMILES string of the molecule is Cc1cc(NC2CCCS(=O)(=O)C2)ccc1[N+](=O)[O-]. The number of sulfone groups is 1. The normalized spacial score (nSPS) is 21.8. The fraction of sp³-hybridized carbons (Fsp3) is 0.500. The van der Waals surface area contributed by atoms with Crippen molar-refractivity contribution in [2.75, 3.05) is 16.8 Å². The summed E-state index contributed by atoms with van der Waals surface area (Å²) in [5.41, 5.74) is 1.36. The van der Waals surface area contributed by atoms with E-state index in [-0.39, 0.29) is 23.2 Å². The molecule has 2 rings (SSSR count). The highest BCUT2D eigenvalue weighted by atomic mass is 32.2. The van der Waals surface area contributed by atoms with Gasteiger partial charge >= 0.3 is 0 Å². The van der Waals surface area contributed by atoms with Crippen LogP contribution in [0.4, 0.5) is 11.4 Å². The molecule has 1 unspecified atom stereocenters. The van der Waals surface area contributed by atoms with Crippen molar-refractivity contribution in [2.24, 2.45) is 0 Å². The zero-order valence-corrected chi connectivity index (χ0v) is 11.4. The Morgan fingerprint density at radius 2 is 2.16 bits per heavy atom. The molecular weight excluding hydrogens is 268 g/mol. The monoisotopic (exact) mass is 284 g/mol.